The SMILES string of the molecule is COc1cc(NC2CCN(C(=O)c3csc(CN)n3)CC2)cc(OC)c1.Cl.Cl. The fourth-order valence-electron chi connectivity index (χ4n) is 3.02. The molecule has 1 aromatic heterocycles. The van der Waals surface area contributed by atoms with Crippen molar-refractivity contribution in [3.63, 3.8) is 0 Å². The predicted octanol–water partition coefficient (Wildman–Crippen LogP) is 3.18. The maximum Gasteiger partial charge on any atom is 0.273 e. The number of halogens is 2. The maximum absolute atomic E-state index is 12.5. The first-order valence-electron chi connectivity index (χ1n) is 8.56. The normalized spacial score (nSPS) is 13.9. The molecular formula is C18H26Cl2N4O3S. The summed E-state index contributed by atoms with van der Waals surface area (Å²) >= 11 is 1.43. The third-order valence-corrected chi connectivity index (χ3v) is 5.32. The summed E-state index contributed by atoms with van der Waals surface area (Å²) in [4.78, 5) is 18.7. The molecule has 2 aromatic rings. The Kier molecular flexibility index (Phi) is 9.81. The van der Waals surface area contributed by atoms with Crippen LogP contribution in [0.4, 0.5) is 5.69 Å². The molecule has 3 N–H and O–H groups in total. The third-order valence-electron chi connectivity index (χ3n) is 4.45. The Labute approximate surface area is 181 Å². The molecular weight excluding hydrogens is 423 g/mol. The highest BCUT2D eigenvalue weighted by atomic mass is 35.5. The number of piperidine rings is 1. The minimum atomic E-state index is -0.0116. The Morgan fingerprint density at radius 2 is 1.82 bits per heavy atom. The van der Waals surface area contributed by atoms with Crippen LogP contribution in [0.25, 0.3) is 0 Å². The van der Waals surface area contributed by atoms with Crippen LogP contribution in [-0.4, -0.2) is 49.1 Å². The number of ether oxygens (including phenoxy) is 2. The number of carbonyl (C=O) groups is 1. The molecule has 1 saturated heterocycles. The van der Waals surface area contributed by atoms with Crippen LogP contribution in [0.1, 0.15) is 28.3 Å². The van der Waals surface area contributed by atoms with Crippen molar-refractivity contribution in [1.29, 1.82) is 0 Å². The number of thiazole rings is 1. The van der Waals surface area contributed by atoms with E-state index in [1.807, 2.05) is 23.1 Å². The first kappa shape index (κ1) is 24.3. The fourth-order valence-corrected chi connectivity index (χ4v) is 3.67. The van der Waals surface area contributed by atoms with Crippen molar-refractivity contribution >= 4 is 47.7 Å². The molecule has 7 nitrogen and oxygen atoms in total. The van der Waals surface area contributed by atoms with Crippen molar-refractivity contribution in [1.82, 2.24) is 9.88 Å². The van der Waals surface area contributed by atoms with E-state index >= 15 is 0 Å². The van der Waals surface area contributed by atoms with Gasteiger partial charge in [-0.1, -0.05) is 0 Å². The van der Waals surface area contributed by atoms with E-state index in [0.29, 0.717) is 31.4 Å². The summed E-state index contributed by atoms with van der Waals surface area (Å²) in [6.07, 6.45) is 1.75. The van der Waals surface area contributed by atoms with Crippen LogP contribution >= 0.6 is 36.2 Å². The summed E-state index contributed by atoms with van der Waals surface area (Å²) in [7, 11) is 3.27. The fraction of sp³-hybridized carbons (Fsp3) is 0.444. The molecule has 0 aliphatic carbocycles. The smallest absolute Gasteiger partial charge is 0.273 e. The quantitative estimate of drug-likeness (QED) is 0.704. The van der Waals surface area contributed by atoms with Crippen molar-refractivity contribution in [2.45, 2.75) is 25.4 Å². The number of hydrogen-bond acceptors (Lipinski definition) is 7. The van der Waals surface area contributed by atoms with E-state index in [2.05, 4.69) is 10.3 Å². The molecule has 28 heavy (non-hydrogen) atoms. The largest absolute Gasteiger partial charge is 0.497 e. The average molecular weight is 449 g/mol. The van der Waals surface area contributed by atoms with Gasteiger partial charge in [-0.15, -0.1) is 36.2 Å². The molecule has 0 unspecified atom stereocenters. The second kappa shape index (κ2) is 11.3. The number of nitrogens with one attached hydrogen (secondary N) is 1. The lowest BCUT2D eigenvalue weighted by atomic mass is 10.0. The molecule has 156 valence electrons. The van der Waals surface area contributed by atoms with Crippen LogP contribution in [-0.2, 0) is 6.54 Å². The number of nitrogens with two attached hydrogens (primary N) is 1. The summed E-state index contributed by atoms with van der Waals surface area (Å²) in [5.41, 5.74) is 7.03. The number of anilines is 1. The van der Waals surface area contributed by atoms with Crippen molar-refractivity contribution in [2.75, 3.05) is 32.6 Å². The van der Waals surface area contributed by atoms with Gasteiger partial charge < -0.3 is 25.4 Å². The van der Waals surface area contributed by atoms with Gasteiger partial charge >= 0.3 is 0 Å². The first-order chi connectivity index (χ1) is 12.6. The van der Waals surface area contributed by atoms with Crippen molar-refractivity contribution < 1.29 is 14.3 Å². The van der Waals surface area contributed by atoms with Crippen molar-refractivity contribution in [3.05, 3.63) is 34.3 Å². The molecule has 1 amide bonds. The molecule has 10 heteroatoms. The number of likely N-dealkylation sites (tertiary alicyclic amines) is 1. The van der Waals surface area contributed by atoms with Crippen LogP contribution in [0.2, 0.25) is 0 Å². The highest BCUT2D eigenvalue weighted by Gasteiger charge is 2.25. The number of amides is 1. The van der Waals surface area contributed by atoms with Gasteiger partial charge in [-0.3, -0.25) is 4.79 Å². The molecule has 0 bridgehead atoms. The van der Waals surface area contributed by atoms with Gasteiger partial charge in [0, 0.05) is 54.9 Å². The van der Waals surface area contributed by atoms with E-state index in [4.69, 9.17) is 15.2 Å². The van der Waals surface area contributed by atoms with Gasteiger partial charge in [-0.05, 0) is 12.8 Å². The van der Waals surface area contributed by atoms with Crippen LogP contribution in [0.3, 0.4) is 0 Å². The molecule has 1 aromatic carbocycles. The van der Waals surface area contributed by atoms with Crippen molar-refractivity contribution in [3.8, 4) is 11.5 Å². The minimum absolute atomic E-state index is 0. The number of benzene rings is 1. The molecule has 1 aliphatic heterocycles. The summed E-state index contributed by atoms with van der Waals surface area (Å²) < 4.78 is 10.6. The molecule has 1 aliphatic rings. The van der Waals surface area contributed by atoms with Gasteiger partial charge in [0.2, 0.25) is 0 Å². The van der Waals surface area contributed by atoms with Gasteiger partial charge in [0.25, 0.3) is 5.91 Å². The monoisotopic (exact) mass is 448 g/mol. The van der Waals surface area contributed by atoms with Gasteiger partial charge in [-0.25, -0.2) is 4.98 Å². The molecule has 2 heterocycles. The second-order valence-corrected chi connectivity index (χ2v) is 7.09. The van der Waals surface area contributed by atoms with E-state index in [1.54, 1.807) is 19.6 Å². The molecule has 1 fully saturated rings. The highest BCUT2D eigenvalue weighted by molar-refractivity contribution is 7.09. The van der Waals surface area contributed by atoms with Crippen LogP contribution in [0.15, 0.2) is 23.6 Å². The van der Waals surface area contributed by atoms with Crippen molar-refractivity contribution in [2.24, 2.45) is 5.73 Å². The Morgan fingerprint density at radius 1 is 1.21 bits per heavy atom. The summed E-state index contributed by atoms with van der Waals surface area (Å²) in [5.74, 6) is 1.49. The van der Waals surface area contributed by atoms with Gasteiger partial charge in [0.15, 0.2) is 0 Å². The van der Waals surface area contributed by atoms with Gasteiger partial charge in [0.1, 0.15) is 22.2 Å². The number of aromatic nitrogens is 1. The van der Waals surface area contributed by atoms with E-state index < -0.39 is 0 Å². The Hall–Kier alpha value is -1.74. The Balaban J connectivity index is 0.00000196. The highest BCUT2D eigenvalue weighted by Crippen LogP contribution is 2.27. The van der Waals surface area contributed by atoms with E-state index in [-0.39, 0.29) is 30.7 Å². The number of rotatable bonds is 6. The molecule has 0 spiro atoms. The van der Waals surface area contributed by atoms with Gasteiger partial charge in [0.05, 0.1) is 14.2 Å². The van der Waals surface area contributed by atoms with Crippen LogP contribution in [0.5, 0.6) is 11.5 Å². The lowest BCUT2D eigenvalue weighted by Crippen LogP contribution is -2.42. The molecule has 0 radical (unpaired) electrons. The second-order valence-electron chi connectivity index (χ2n) is 6.14. The number of carbonyl (C=O) groups excluding carboxylic acids is 1. The summed E-state index contributed by atoms with van der Waals surface area (Å²) in [6, 6.07) is 6.04. The predicted molar refractivity (Wildman–Crippen MR) is 117 cm³/mol. The topological polar surface area (TPSA) is 89.7 Å². The first-order valence-corrected chi connectivity index (χ1v) is 9.44. The number of methoxy groups -OCH3 is 2. The zero-order valence-electron chi connectivity index (χ0n) is 15.8. The van der Waals surface area contributed by atoms with Gasteiger partial charge in [-0.2, -0.15) is 0 Å². The summed E-state index contributed by atoms with van der Waals surface area (Å²) in [5, 5.41) is 6.09. The summed E-state index contributed by atoms with van der Waals surface area (Å²) in [6.45, 7) is 1.77. The van der Waals surface area contributed by atoms with E-state index in [0.717, 1.165) is 35.0 Å². The Morgan fingerprint density at radius 3 is 2.32 bits per heavy atom. The molecule has 0 saturated carbocycles. The zero-order chi connectivity index (χ0) is 18.5. The standard InChI is InChI=1S/C18H24N4O3S.2ClH/c1-24-14-7-13(8-15(9-14)25-2)20-12-3-5-22(6-4-12)18(23)16-11-26-17(10-19)21-16;;/h7-9,11-12,20H,3-6,10,19H2,1-2H3;2*1H. The number of nitrogens with zero attached hydrogens (tertiary/aromatic N) is 2. The number of hydrogen-bond donors (Lipinski definition) is 2. The molecule has 3 rings (SSSR count). The van der Waals surface area contributed by atoms with Crippen LogP contribution in [0, 0.1) is 0 Å². The maximum atomic E-state index is 12.5. The Bertz CT molecular complexity index is 745. The molecule has 0 atom stereocenters. The van der Waals surface area contributed by atoms with E-state index in [9.17, 15) is 4.79 Å². The average Bonchev–Trinajstić information content (AvgIpc) is 3.17. The third kappa shape index (κ3) is 5.88. The van der Waals surface area contributed by atoms with Crippen LogP contribution < -0.4 is 20.5 Å². The minimum Gasteiger partial charge on any atom is -0.497 e. The van der Waals surface area contributed by atoms with E-state index in [1.165, 1.54) is 11.3 Å². The zero-order valence-corrected chi connectivity index (χ0v) is 18.3. The lowest BCUT2D eigenvalue weighted by Gasteiger charge is -2.32. The lowest BCUT2D eigenvalue weighted by molar-refractivity contribution is 0.0713.